The molecule has 1 N–H and O–H groups in total. The molecular weight excluding hydrogens is 369 g/mol. The van der Waals surface area contributed by atoms with Gasteiger partial charge in [-0.3, -0.25) is 9.78 Å². The van der Waals surface area contributed by atoms with Crippen LogP contribution < -0.4 is 10.1 Å². The van der Waals surface area contributed by atoms with Crippen LogP contribution in [0.3, 0.4) is 0 Å². The van der Waals surface area contributed by atoms with Crippen LogP contribution in [0.15, 0.2) is 48.7 Å². The minimum Gasteiger partial charge on any atom is -0.494 e. The summed E-state index contributed by atoms with van der Waals surface area (Å²) in [7, 11) is 0. The number of benzene rings is 2. The first-order chi connectivity index (χ1) is 14.2. The third kappa shape index (κ3) is 4.16. The molecule has 0 spiro atoms. The number of ether oxygens (including phenoxy) is 1. The Kier molecular flexibility index (Phi) is 5.60. The summed E-state index contributed by atoms with van der Waals surface area (Å²) in [5.41, 5.74) is 2.46. The Morgan fingerprint density at radius 3 is 2.62 bits per heavy atom. The first-order valence-corrected chi connectivity index (χ1v) is 10.0. The molecular formula is C23H24FN3O2. The Morgan fingerprint density at radius 2 is 1.90 bits per heavy atom. The predicted molar refractivity (Wildman–Crippen MR) is 112 cm³/mol. The van der Waals surface area contributed by atoms with E-state index in [0.29, 0.717) is 28.8 Å². The van der Waals surface area contributed by atoms with Gasteiger partial charge < -0.3 is 15.0 Å². The zero-order valence-corrected chi connectivity index (χ0v) is 16.5. The lowest BCUT2D eigenvalue weighted by molar-refractivity contribution is 0.0725. The molecule has 1 aromatic heterocycles. The maximum absolute atomic E-state index is 14.0. The van der Waals surface area contributed by atoms with Gasteiger partial charge in [0.2, 0.25) is 0 Å². The Morgan fingerprint density at radius 1 is 1.14 bits per heavy atom. The number of nitrogens with one attached hydrogen (secondary N) is 1. The first kappa shape index (κ1) is 19.2. The van der Waals surface area contributed by atoms with Crippen LogP contribution in [0.1, 0.15) is 36.5 Å². The molecule has 0 aliphatic carbocycles. The van der Waals surface area contributed by atoms with Crippen LogP contribution in [-0.4, -0.2) is 35.5 Å². The highest BCUT2D eigenvalue weighted by Gasteiger charge is 2.23. The standard InChI is InChI=1S/C23H24FN3O2/c1-2-29-18-9-7-17(8-10-18)26-22-19-14-16(24)6-11-21(19)25-15-20(22)23(28)27-12-4-3-5-13-27/h6-11,14-15H,2-5,12-13H2,1H3,(H,25,26). The molecule has 1 fully saturated rings. The van der Waals surface area contributed by atoms with Crippen molar-refractivity contribution >= 4 is 28.2 Å². The molecule has 0 atom stereocenters. The highest BCUT2D eigenvalue weighted by molar-refractivity contribution is 6.08. The van der Waals surface area contributed by atoms with Crippen LogP contribution in [0.25, 0.3) is 10.9 Å². The third-order valence-electron chi connectivity index (χ3n) is 5.14. The minimum atomic E-state index is -0.364. The summed E-state index contributed by atoms with van der Waals surface area (Å²) in [5, 5.41) is 3.91. The van der Waals surface area contributed by atoms with E-state index in [2.05, 4.69) is 10.3 Å². The minimum absolute atomic E-state index is 0.0724. The van der Waals surface area contributed by atoms with Gasteiger partial charge in [-0.15, -0.1) is 0 Å². The fraction of sp³-hybridized carbons (Fsp3) is 0.304. The summed E-state index contributed by atoms with van der Waals surface area (Å²) in [5.74, 6) is 0.335. The van der Waals surface area contributed by atoms with E-state index in [-0.39, 0.29) is 11.7 Å². The van der Waals surface area contributed by atoms with Gasteiger partial charge in [0.1, 0.15) is 11.6 Å². The molecule has 1 amide bonds. The summed E-state index contributed by atoms with van der Waals surface area (Å²) < 4.78 is 19.5. The zero-order chi connectivity index (χ0) is 20.2. The molecule has 6 heteroatoms. The van der Waals surface area contributed by atoms with Crippen molar-refractivity contribution in [1.29, 1.82) is 0 Å². The Balaban J connectivity index is 1.75. The van der Waals surface area contributed by atoms with Gasteiger partial charge >= 0.3 is 0 Å². The summed E-state index contributed by atoms with van der Waals surface area (Å²) in [6, 6.07) is 11.9. The topological polar surface area (TPSA) is 54.5 Å². The van der Waals surface area contributed by atoms with E-state index in [1.165, 1.54) is 12.1 Å². The number of pyridine rings is 1. The zero-order valence-electron chi connectivity index (χ0n) is 16.5. The average molecular weight is 393 g/mol. The third-order valence-corrected chi connectivity index (χ3v) is 5.14. The van der Waals surface area contributed by atoms with Crippen molar-refractivity contribution in [3.63, 3.8) is 0 Å². The Bertz CT molecular complexity index is 1010. The van der Waals surface area contributed by atoms with Gasteiger partial charge in [0.25, 0.3) is 5.91 Å². The summed E-state index contributed by atoms with van der Waals surface area (Å²) in [6.45, 7) is 4.00. The maximum Gasteiger partial charge on any atom is 0.257 e. The number of fused-ring (bicyclic) bond motifs is 1. The molecule has 0 saturated carbocycles. The molecule has 2 heterocycles. The second-order valence-corrected chi connectivity index (χ2v) is 7.14. The van der Waals surface area contributed by atoms with Crippen LogP contribution >= 0.6 is 0 Å². The molecule has 1 aliphatic heterocycles. The molecule has 4 rings (SSSR count). The molecule has 0 bridgehead atoms. The highest BCUT2D eigenvalue weighted by atomic mass is 19.1. The second kappa shape index (κ2) is 8.47. The van der Waals surface area contributed by atoms with Crippen LogP contribution in [-0.2, 0) is 0 Å². The highest BCUT2D eigenvalue weighted by Crippen LogP contribution is 2.31. The molecule has 0 unspecified atom stereocenters. The van der Waals surface area contributed by atoms with Gasteiger partial charge in [0, 0.05) is 30.4 Å². The fourth-order valence-corrected chi connectivity index (χ4v) is 3.67. The predicted octanol–water partition coefficient (Wildman–Crippen LogP) is 5.14. The number of anilines is 2. The van der Waals surface area contributed by atoms with Crippen LogP contribution in [0.4, 0.5) is 15.8 Å². The molecule has 150 valence electrons. The lowest BCUT2D eigenvalue weighted by Crippen LogP contribution is -2.36. The molecule has 0 radical (unpaired) electrons. The van der Waals surface area contributed by atoms with Gasteiger partial charge in [-0.1, -0.05) is 0 Å². The molecule has 2 aromatic carbocycles. The molecule has 1 saturated heterocycles. The number of carbonyl (C=O) groups is 1. The Labute approximate surface area is 169 Å². The van der Waals surface area contributed by atoms with Crippen LogP contribution in [0.5, 0.6) is 5.75 Å². The second-order valence-electron chi connectivity index (χ2n) is 7.14. The van der Waals surface area contributed by atoms with E-state index in [1.807, 2.05) is 36.1 Å². The van der Waals surface area contributed by atoms with Crippen molar-refractivity contribution < 1.29 is 13.9 Å². The van der Waals surface area contributed by atoms with E-state index >= 15 is 0 Å². The van der Waals surface area contributed by atoms with Gasteiger partial charge in [-0.2, -0.15) is 0 Å². The van der Waals surface area contributed by atoms with Crippen LogP contribution in [0, 0.1) is 5.82 Å². The first-order valence-electron chi connectivity index (χ1n) is 10.0. The monoisotopic (exact) mass is 393 g/mol. The molecule has 3 aromatic rings. The quantitative estimate of drug-likeness (QED) is 0.652. The molecule has 29 heavy (non-hydrogen) atoms. The van der Waals surface area contributed by atoms with Gasteiger partial charge in [-0.25, -0.2) is 4.39 Å². The van der Waals surface area contributed by atoms with Crippen molar-refractivity contribution in [2.75, 3.05) is 25.0 Å². The Hall–Kier alpha value is -3.15. The SMILES string of the molecule is CCOc1ccc(Nc2c(C(=O)N3CCCCC3)cnc3ccc(F)cc23)cc1. The van der Waals surface area contributed by atoms with Crippen molar-refractivity contribution in [2.45, 2.75) is 26.2 Å². The normalized spacial score (nSPS) is 14.1. The average Bonchev–Trinajstić information content (AvgIpc) is 2.76. The van der Waals surface area contributed by atoms with Crippen molar-refractivity contribution in [1.82, 2.24) is 9.88 Å². The number of halogens is 1. The number of hydrogen-bond donors (Lipinski definition) is 1. The fourth-order valence-electron chi connectivity index (χ4n) is 3.67. The van der Waals surface area contributed by atoms with Crippen molar-refractivity contribution in [3.8, 4) is 5.75 Å². The number of rotatable bonds is 5. The van der Waals surface area contributed by atoms with E-state index in [1.54, 1.807) is 12.3 Å². The number of amides is 1. The number of aromatic nitrogens is 1. The lowest BCUT2D eigenvalue weighted by Gasteiger charge is -2.27. The number of nitrogens with zero attached hydrogens (tertiary/aromatic N) is 2. The van der Waals surface area contributed by atoms with Gasteiger partial charge in [-0.05, 0) is 68.7 Å². The maximum atomic E-state index is 14.0. The summed E-state index contributed by atoms with van der Waals surface area (Å²) in [6.07, 6.45) is 4.74. The van der Waals surface area contributed by atoms with Gasteiger partial charge in [0.15, 0.2) is 0 Å². The summed E-state index contributed by atoms with van der Waals surface area (Å²) >= 11 is 0. The largest absolute Gasteiger partial charge is 0.494 e. The summed E-state index contributed by atoms with van der Waals surface area (Å²) in [4.78, 5) is 19.5. The van der Waals surface area contributed by atoms with Crippen LogP contribution in [0.2, 0.25) is 0 Å². The number of piperidine rings is 1. The van der Waals surface area contributed by atoms with E-state index < -0.39 is 0 Å². The number of carbonyl (C=O) groups excluding carboxylic acids is 1. The van der Waals surface area contributed by atoms with E-state index in [9.17, 15) is 9.18 Å². The van der Waals surface area contributed by atoms with Crippen molar-refractivity contribution in [2.24, 2.45) is 0 Å². The van der Waals surface area contributed by atoms with E-state index in [4.69, 9.17) is 4.74 Å². The molecule has 1 aliphatic rings. The number of hydrogen-bond acceptors (Lipinski definition) is 4. The van der Waals surface area contributed by atoms with E-state index in [0.717, 1.165) is 43.8 Å². The lowest BCUT2D eigenvalue weighted by atomic mass is 10.1. The van der Waals surface area contributed by atoms with Gasteiger partial charge in [0.05, 0.1) is 23.4 Å². The molecule has 5 nitrogen and oxygen atoms in total. The number of likely N-dealkylation sites (tertiary alicyclic amines) is 1. The van der Waals surface area contributed by atoms with Crippen molar-refractivity contribution in [3.05, 3.63) is 60.0 Å². The smallest absolute Gasteiger partial charge is 0.257 e.